The fourth-order valence-corrected chi connectivity index (χ4v) is 3.06. The number of carbonyl (C=O) groups is 1. The van der Waals surface area contributed by atoms with Crippen LogP contribution in [0.3, 0.4) is 0 Å². The molecule has 1 saturated heterocycles. The molecule has 1 aromatic carbocycles. The van der Waals surface area contributed by atoms with Crippen LogP contribution < -0.4 is 0 Å². The summed E-state index contributed by atoms with van der Waals surface area (Å²) < 4.78 is 0. The Kier molecular flexibility index (Phi) is 4.59. The molecular formula is C16H23NO2. The van der Waals surface area contributed by atoms with Crippen molar-refractivity contribution in [2.45, 2.75) is 26.8 Å². The molecule has 1 heterocycles. The molecule has 19 heavy (non-hydrogen) atoms. The van der Waals surface area contributed by atoms with Crippen molar-refractivity contribution >= 4 is 5.97 Å². The van der Waals surface area contributed by atoms with Crippen LogP contribution >= 0.6 is 0 Å². The van der Waals surface area contributed by atoms with Gasteiger partial charge in [-0.1, -0.05) is 44.2 Å². The lowest BCUT2D eigenvalue weighted by Crippen LogP contribution is -2.23. The molecule has 1 fully saturated rings. The van der Waals surface area contributed by atoms with Crippen LogP contribution in [-0.4, -0.2) is 29.1 Å². The van der Waals surface area contributed by atoms with E-state index in [-0.39, 0.29) is 5.92 Å². The number of carboxylic acids is 1. The first-order chi connectivity index (χ1) is 9.06. The molecule has 0 saturated carbocycles. The van der Waals surface area contributed by atoms with Crippen LogP contribution in [0.5, 0.6) is 0 Å². The lowest BCUT2D eigenvalue weighted by Gasteiger charge is -2.17. The zero-order chi connectivity index (χ0) is 13.8. The number of hydrogen-bond acceptors (Lipinski definition) is 2. The van der Waals surface area contributed by atoms with Crippen molar-refractivity contribution in [3.63, 3.8) is 0 Å². The van der Waals surface area contributed by atoms with E-state index < -0.39 is 5.97 Å². The molecule has 0 bridgehead atoms. The van der Waals surface area contributed by atoms with Crippen LogP contribution in [-0.2, 0) is 11.3 Å². The third-order valence-electron chi connectivity index (χ3n) is 3.86. The molecule has 0 spiro atoms. The zero-order valence-electron chi connectivity index (χ0n) is 11.7. The zero-order valence-corrected chi connectivity index (χ0v) is 11.7. The Balaban J connectivity index is 1.99. The molecular weight excluding hydrogens is 238 g/mol. The maximum atomic E-state index is 11.4. The predicted molar refractivity (Wildman–Crippen MR) is 75.8 cm³/mol. The van der Waals surface area contributed by atoms with Crippen LogP contribution in [0.25, 0.3) is 0 Å². The molecule has 0 radical (unpaired) electrons. The van der Waals surface area contributed by atoms with Gasteiger partial charge in [-0.25, -0.2) is 0 Å². The number of rotatable bonds is 5. The summed E-state index contributed by atoms with van der Waals surface area (Å²) in [6, 6.07) is 10.3. The average Bonchev–Trinajstić information content (AvgIpc) is 2.72. The number of nitrogens with zero attached hydrogens (tertiary/aromatic N) is 1. The molecule has 104 valence electrons. The molecule has 2 unspecified atom stereocenters. The molecule has 1 N–H and O–H groups in total. The summed E-state index contributed by atoms with van der Waals surface area (Å²) in [7, 11) is 0. The Morgan fingerprint density at radius 1 is 1.32 bits per heavy atom. The minimum absolute atomic E-state index is 0.203. The Morgan fingerprint density at radius 2 is 2.00 bits per heavy atom. The molecule has 1 aliphatic heterocycles. The smallest absolute Gasteiger partial charge is 0.308 e. The first-order valence-electron chi connectivity index (χ1n) is 7.05. The SMILES string of the molecule is CC(C)CC1CN(Cc2ccccc2)CC1C(=O)O. The average molecular weight is 261 g/mol. The highest BCUT2D eigenvalue weighted by Gasteiger charge is 2.37. The summed E-state index contributed by atoms with van der Waals surface area (Å²) in [6.07, 6.45) is 1.00. The monoisotopic (exact) mass is 261 g/mol. The fraction of sp³-hybridized carbons (Fsp3) is 0.562. The summed E-state index contributed by atoms with van der Waals surface area (Å²) >= 11 is 0. The Hall–Kier alpha value is -1.35. The minimum atomic E-state index is -0.638. The second kappa shape index (κ2) is 6.20. The maximum absolute atomic E-state index is 11.4. The molecule has 2 rings (SSSR count). The fourth-order valence-electron chi connectivity index (χ4n) is 3.06. The molecule has 3 nitrogen and oxygen atoms in total. The van der Waals surface area contributed by atoms with E-state index in [0.29, 0.717) is 18.4 Å². The van der Waals surface area contributed by atoms with E-state index in [2.05, 4.69) is 30.9 Å². The Bertz CT molecular complexity index is 416. The van der Waals surface area contributed by atoms with E-state index in [1.165, 1.54) is 5.56 Å². The molecule has 2 atom stereocenters. The topological polar surface area (TPSA) is 40.5 Å². The van der Waals surface area contributed by atoms with Crippen molar-refractivity contribution < 1.29 is 9.90 Å². The highest BCUT2D eigenvalue weighted by Crippen LogP contribution is 2.30. The van der Waals surface area contributed by atoms with Gasteiger partial charge in [0.05, 0.1) is 5.92 Å². The summed E-state index contributed by atoms with van der Waals surface area (Å²) in [5.74, 6) is 0.0112. The van der Waals surface area contributed by atoms with Gasteiger partial charge in [-0.05, 0) is 23.8 Å². The van der Waals surface area contributed by atoms with Crippen LogP contribution in [0, 0.1) is 17.8 Å². The number of likely N-dealkylation sites (tertiary alicyclic amines) is 1. The highest BCUT2D eigenvalue weighted by molar-refractivity contribution is 5.71. The number of carboxylic acid groups (broad SMARTS) is 1. The third-order valence-corrected chi connectivity index (χ3v) is 3.86. The van der Waals surface area contributed by atoms with Gasteiger partial charge in [0.2, 0.25) is 0 Å². The van der Waals surface area contributed by atoms with E-state index in [4.69, 9.17) is 0 Å². The lowest BCUT2D eigenvalue weighted by molar-refractivity contribution is -0.142. The number of aliphatic carboxylic acids is 1. The molecule has 0 aromatic heterocycles. The van der Waals surface area contributed by atoms with Crippen molar-refractivity contribution in [1.29, 1.82) is 0 Å². The lowest BCUT2D eigenvalue weighted by atomic mass is 9.88. The number of hydrogen-bond donors (Lipinski definition) is 1. The predicted octanol–water partition coefficient (Wildman–Crippen LogP) is 2.87. The molecule has 0 aliphatic carbocycles. The molecule has 1 aliphatic rings. The van der Waals surface area contributed by atoms with Crippen LogP contribution in [0.4, 0.5) is 0 Å². The summed E-state index contributed by atoms with van der Waals surface area (Å²) in [6.45, 7) is 6.78. The van der Waals surface area contributed by atoms with Gasteiger partial charge in [0.25, 0.3) is 0 Å². The summed E-state index contributed by atoms with van der Waals surface area (Å²) in [5.41, 5.74) is 1.26. The second-order valence-corrected chi connectivity index (χ2v) is 6.01. The van der Waals surface area contributed by atoms with E-state index >= 15 is 0 Å². The quantitative estimate of drug-likeness (QED) is 0.886. The van der Waals surface area contributed by atoms with Crippen LogP contribution in [0.1, 0.15) is 25.8 Å². The van der Waals surface area contributed by atoms with Gasteiger partial charge in [0.15, 0.2) is 0 Å². The molecule has 0 amide bonds. The normalized spacial score (nSPS) is 23.9. The van der Waals surface area contributed by atoms with E-state index in [1.807, 2.05) is 18.2 Å². The van der Waals surface area contributed by atoms with Gasteiger partial charge in [0.1, 0.15) is 0 Å². The van der Waals surface area contributed by atoms with Crippen molar-refractivity contribution in [1.82, 2.24) is 4.90 Å². The van der Waals surface area contributed by atoms with Crippen molar-refractivity contribution in [2.24, 2.45) is 17.8 Å². The van der Waals surface area contributed by atoms with Gasteiger partial charge in [0, 0.05) is 19.6 Å². The second-order valence-electron chi connectivity index (χ2n) is 6.01. The van der Waals surface area contributed by atoms with Crippen molar-refractivity contribution in [3.8, 4) is 0 Å². The highest BCUT2D eigenvalue weighted by atomic mass is 16.4. The van der Waals surface area contributed by atoms with Crippen LogP contribution in [0.2, 0.25) is 0 Å². The largest absolute Gasteiger partial charge is 0.481 e. The summed E-state index contributed by atoms with van der Waals surface area (Å²) in [5, 5.41) is 9.35. The van der Waals surface area contributed by atoms with Gasteiger partial charge >= 0.3 is 5.97 Å². The Labute approximate surface area is 115 Å². The first-order valence-corrected chi connectivity index (χ1v) is 7.05. The number of benzene rings is 1. The van der Waals surface area contributed by atoms with Gasteiger partial charge in [-0.3, -0.25) is 9.69 Å². The van der Waals surface area contributed by atoms with Gasteiger partial charge in [-0.2, -0.15) is 0 Å². The maximum Gasteiger partial charge on any atom is 0.308 e. The Morgan fingerprint density at radius 3 is 2.58 bits per heavy atom. The van der Waals surface area contributed by atoms with Crippen molar-refractivity contribution in [2.75, 3.05) is 13.1 Å². The molecule has 3 heteroatoms. The van der Waals surface area contributed by atoms with Gasteiger partial charge in [-0.15, -0.1) is 0 Å². The van der Waals surface area contributed by atoms with E-state index in [9.17, 15) is 9.90 Å². The third kappa shape index (κ3) is 3.80. The summed E-state index contributed by atoms with van der Waals surface area (Å²) in [4.78, 5) is 13.6. The molecule has 1 aromatic rings. The van der Waals surface area contributed by atoms with E-state index in [0.717, 1.165) is 19.5 Å². The van der Waals surface area contributed by atoms with Crippen LogP contribution in [0.15, 0.2) is 30.3 Å². The first kappa shape index (κ1) is 14.1. The van der Waals surface area contributed by atoms with E-state index in [1.54, 1.807) is 0 Å². The standard InChI is InChI=1S/C16H23NO2/c1-12(2)8-14-10-17(11-15(14)16(18)19)9-13-6-4-3-5-7-13/h3-7,12,14-15H,8-11H2,1-2H3,(H,18,19). The minimum Gasteiger partial charge on any atom is -0.481 e. The van der Waals surface area contributed by atoms with Gasteiger partial charge < -0.3 is 5.11 Å². The van der Waals surface area contributed by atoms with Crippen molar-refractivity contribution in [3.05, 3.63) is 35.9 Å².